The third-order valence-electron chi connectivity index (χ3n) is 3.28. The fourth-order valence-corrected chi connectivity index (χ4v) is 2.35. The molecular weight excluding hydrogens is 265 g/mol. The van der Waals surface area contributed by atoms with Crippen LogP contribution in [0.25, 0.3) is 0 Å². The van der Waals surface area contributed by atoms with E-state index in [1.54, 1.807) is 12.1 Å². The van der Waals surface area contributed by atoms with Crippen molar-refractivity contribution in [3.63, 3.8) is 0 Å². The lowest BCUT2D eigenvalue weighted by Crippen LogP contribution is -2.23. The van der Waals surface area contributed by atoms with Gasteiger partial charge in [-0.05, 0) is 55.3 Å². The van der Waals surface area contributed by atoms with Crippen molar-refractivity contribution in [1.29, 1.82) is 0 Å². The fourth-order valence-electron chi connectivity index (χ4n) is 2.35. The van der Waals surface area contributed by atoms with E-state index >= 15 is 0 Å². The number of benzene rings is 2. The standard InChI is InChI=1S/C18H22FNO/c1-3-11-20-18(14-7-5-9-16(19)12-14)15-8-6-10-17(13-15)21-4-2/h5-10,12-13,18,20H,3-4,11H2,1-2H3. The Kier molecular flexibility index (Phi) is 5.76. The minimum Gasteiger partial charge on any atom is -0.494 e. The molecule has 2 nitrogen and oxygen atoms in total. The van der Waals surface area contributed by atoms with E-state index in [0.717, 1.165) is 29.8 Å². The summed E-state index contributed by atoms with van der Waals surface area (Å²) < 4.78 is 19.1. The van der Waals surface area contributed by atoms with Crippen molar-refractivity contribution in [3.8, 4) is 5.75 Å². The molecule has 0 aliphatic heterocycles. The summed E-state index contributed by atoms with van der Waals surface area (Å²) in [5, 5.41) is 3.48. The summed E-state index contributed by atoms with van der Waals surface area (Å²) in [6, 6.07) is 14.7. The van der Waals surface area contributed by atoms with Crippen LogP contribution in [0.5, 0.6) is 5.75 Å². The van der Waals surface area contributed by atoms with E-state index < -0.39 is 0 Å². The van der Waals surface area contributed by atoms with E-state index in [0.29, 0.717) is 6.61 Å². The second-order valence-electron chi connectivity index (χ2n) is 4.95. The third-order valence-corrected chi connectivity index (χ3v) is 3.28. The Balaban J connectivity index is 2.33. The first kappa shape index (κ1) is 15.5. The molecule has 1 unspecified atom stereocenters. The highest BCUT2D eigenvalue weighted by atomic mass is 19.1. The Labute approximate surface area is 126 Å². The maximum atomic E-state index is 13.5. The molecule has 0 heterocycles. The van der Waals surface area contributed by atoms with Crippen LogP contribution in [0.2, 0.25) is 0 Å². The van der Waals surface area contributed by atoms with Crippen LogP contribution in [0.4, 0.5) is 4.39 Å². The van der Waals surface area contributed by atoms with Crippen LogP contribution in [0.15, 0.2) is 48.5 Å². The summed E-state index contributed by atoms with van der Waals surface area (Å²) in [7, 11) is 0. The van der Waals surface area contributed by atoms with E-state index in [4.69, 9.17) is 4.74 Å². The van der Waals surface area contributed by atoms with Gasteiger partial charge < -0.3 is 10.1 Å². The molecule has 2 rings (SSSR count). The molecule has 2 aromatic rings. The van der Waals surface area contributed by atoms with Crippen LogP contribution in [-0.4, -0.2) is 13.2 Å². The topological polar surface area (TPSA) is 21.3 Å². The molecule has 0 radical (unpaired) electrons. The van der Waals surface area contributed by atoms with Crippen LogP contribution < -0.4 is 10.1 Å². The molecule has 0 amide bonds. The van der Waals surface area contributed by atoms with Gasteiger partial charge in [0, 0.05) is 0 Å². The van der Waals surface area contributed by atoms with Crippen molar-refractivity contribution >= 4 is 0 Å². The minimum atomic E-state index is -0.211. The van der Waals surface area contributed by atoms with Gasteiger partial charge in [0.05, 0.1) is 12.6 Å². The predicted molar refractivity (Wildman–Crippen MR) is 84.1 cm³/mol. The smallest absolute Gasteiger partial charge is 0.123 e. The molecule has 0 saturated carbocycles. The van der Waals surface area contributed by atoms with Gasteiger partial charge in [-0.3, -0.25) is 0 Å². The highest BCUT2D eigenvalue weighted by molar-refractivity contribution is 5.36. The Morgan fingerprint density at radius 1 is 1.05 bits per heavy atom. The van der Waals surface area contributed by atoms with Gasteiger partial charge in [-0.2, -0.15) is 0 Å². The Morgan fingerprint density at radius 3 is 2.43 bits per heavy atom. The molecule has 0 fully saturated rings. The first-order valence-electron chi connectivity index (χ1n) is 7.46. The molecule has 0 saturated heterocycles. The molecule has 21 heavy (non-hydrogen) atoms. The summed E-state index contributed by atoms with van der Waals surface area (Å²) in [5.41, 5.74) is 2.01. The Hall–Kier alpha value is -1.87. The van der Waals surface area contributed by atoms with Crippen molar-refractivity contribution in [2.45, 2.75) is 26.3 Å². The molecule has 1 atom stereocenters. The highest BCUT2D eigenvalue weighted by Gasteiger charge is 2.14. The van der Waals surface area contributed by atoms with Gasteiger partial charge >= 0.3 is 0 Å². The quantitative estimate of drug-likeness (QED) is 0.819. The maximum Gasteiger partial charge on any atom is 0.123 e. The molecule has 0 spiro atoms. The van der Waals surface area contributed by atoms with Crippen LogP contribution in [0.3, 0.4) is 0 Å². The summed E-state index contributed by atoms with van der Waals surface area (Å²) >= 11 is 0. The van der Waals surface area contributed by atoms with Crippen molar-refractivity contribution in [2.24, 2.45) is 0 Å². The summed E-state index contributed by atoms with van der Waals surface area (Å²) in [6.45, 7) is 5.59. The lowest BCUT2D eigenvalue weighted by Gasteiger charge is -2.20. The van der Waals surface area contributed by atoms with Gasteiger partial charge in [0.15, 0.2) is 0 Å². The van der Waals surface area contributed by atoms with Gasteiger partial charge in [-0.25, -0.2) is 4.39 Å². The number of hydrogen-bond donors (Lipinski definition) is 1. The van der Waals surface area contributed by atoms with Crippen LogP contribution >= 0.6 is 0 Å². The number of nitrogens with one attached hydrogen (secondary N) is 1. The fraction of sp³-hybridized carbons (Fsp3) is 0.333. The SMILES string of the molecule is CCCNC(c1cccc(F)c1)c1cccc(OCC)c1. The number of halogens is 1. The van der Waals surface area contributed by atoms with Gasteiger partial charge in [-0.1, -0.05) is 31.2 Å². The highest BCUT2D eigenvalue weighted by Crippen LogP contribution is 2.25. The first-order valence-corrected chi connectivity index (χ1v) is 7.46. The largest absolute Gasteiger partial charge is 0.494 e. The molecular formula is C18H22FNO. The summed E-state index contributed by atoms with van der Waals surface area (Å²) in [5.74, 6) is 0.631. The summed E-state index contributed by atoms with van der Waals surface area (Å²) in [6.07, 6.45) is 1.02. The van der Waals surface area contributed by atoms with E-state index in [1.807, 2.05) is 37.3 Å². The molecule has 0 aromatic heterocycles. The third kappa shape index (κ3) is 4.30. The lowest BCUT2D eigenvalue weighted by molar-refractivity contribution is 0.339. The van der Waals surface area contributed by atoms with Gasteiger partial charge in [0.25, 0.3) is 0 Å². The number of hydrogen-bond acceptors (Lipinski definition) is 2. The lowest BCUT2D eigenvalue weighted by atomic mass is 9.98. The van der Waals surface area contributed by atoms with Gasteiger partial charge in [0.1, 0.15) is 11.6 Å². The molecule has 112 valence electrons. The van der Waals surface area contributed by atoms with Crippen molar-refractivity contribution in [3.05, 3.63) is 65.5 Å². The van der Waals surface area contributed by atoms with E-state index in [-0.39, 0.29) is 11.9 Å². The van der Waals surface area contributed by atoms with Gasteiger partial charge in [0.2, 0.25) is 0 Å². The zero-order chi connectivity index (χ0) is 15.1. The Morgan fingerprint density at radius 2 is 1.76 bits per heavy atom. The second kappa shape index (κ2) is 7.79. The second-order valence-corrected chi connectivity index (χ2v) is 4.95. The van der Waals surface area contributed by atoms with Crippen LogP contribution in [0.1, 0.15) is 37.4 Å². The van der Waals surface area contributed by atoms with Crippen molar-refractivity contribution in [1.82, 2.24) is 5.32 Å². The monoisotopic (exact) mass is 287 g/mol. The van der Waals surface area contributed by atoms with E-state index in [2.05, 4.69) is 12.2 Å². The maximum absolute atomic E-state index is 13.5. The molecule has 3 heteroatoms. The normalized spacial score (nSPS) is 12.1. The van der Waals surface area contributed by atoms with Crippen LogP contribution in [-0.2, 0) is 0 Å². The zero-order valence-electron chi connectivity index (χ0n) is 12.6. The molecule has 0 bridgehead atoms. The predicted octanol–water partition coefficient (Wildman–Crippen LogP) is 4.31. The summed E-state index contributed by atoms with van der Waals surface area (Å²) in [4.78, 5) is 0. The van der Waals surface area contributed by atoms with E-state index in [9.17, 15) is 4.39 Å². The zero-order valence-corrected chi connectivity index (χ0v) is 12.6. The van der Waals surface area contributed by atoms with Crippen molar-refractivity contribution < 1.29 is 9.13 Å². The average molecular weight is 287 g/mol. The Bertz CT molecular complexity index is 571. The first-order chi connectivity index (χ1) is 10.2. The van der Waals surface area contributed by atoms with Crippen LogP contribution in [0, 0.1) is 5.82 Å². The van der Waals surface area contributed by atoms with Gasteiger partial charge in [-0.15, -0.1) is 0 Å². The minimum absolute atomic E-state index is 0.0268. The number of ether oxygens (including phenoxy) is 1. The average Bonchev–Trinajstić information content (AvgIpc) is 2.49. The number of rotatable bonds is 7. The molecule has 1 N–H and O–H groups in total. The molecule has 2 aromatic carbocycles. The van der Waals surface area contributed by atoms with Crippen molar-refractivity contribution in [2.75, 3.05) is 13.2 Å². The molecule has 0 aliphatic rings. The molecule has 0 aliphatic carbocycles. The van der Waals surface area contributed by atoms with E-state index in [1.165, 1.54) is 6.07 Å².